The van der Waals surface area contributed by atoms with Crippen molar-refractivity contribution in [2.45, 2.75) is 4.90 Å². The molecule has 7 heteroatoms. The number of hydrogen-bond donors (Lipinski definition) is 2. The zero-order valence-electron chi connectivity index (χ0n) is 8.40. The predicted octanol–water partition coefficient (Wildman–Crippen LogP) is 2.28. The molecule has 0 amide bonds. The van der Waals surface area contributed by atoms with Crippen LogP contribution in [-0.4, -0.2) is 18.1 Å². The van der Waals surface area contributed by atoms with E-state index in [9.17, 15) is 13.5 Å². The lowest BCUT2D eigenvalue weighted by molar-refractivity contribution is 0.471. The van der Waals surface area contributed by atoms with Gasteiger partial charge in [-0.05, 0) is 11.5 Å². The van der Waals surface area contributed by atoms with E-state index < -0.39 is 26.5 Å². The van der Waals surface area contributed by atoms with Gasteiger partial charge in [-0.2, -0.15) is 8.42 Å². The summed E-state index contributed by atoms with van der Waals surface area (Å²) in [4.78, 5) is 2.08. The minimum Gasteiger partial charge on any atom is -0.501 e. The molecule has 0 bridgehead atoms. The lowest BCUT2D eigenvalue weighted by atomic mass is 10.1. The Bertz CT molecular complexity index is 747. The molecule has 6 nitrogen and oxygen atoms in total. The average Bonchev–Trinajstić information content (AvgIpc) is 2.25. The van der Waals surface area contributed by atoms with Crippen LogP contribution in [0.3, 0.4) is 0 Å². The maximum Gasteiger partial charge on any atom is 0.447 e. The summed E-state index contributed by atoms with van der Waals surface area (Å²) in [5, 5.41) is 18.8. The number of phenols is 1. The standard InChI is InChI=1S/C10H6N2O4S/c11-12-9-8(13)5-6-3-1-2-4-7(6)10(9)17(14,15)16/h1-5H,(H-,13,14,15,16)/p+1. The normalized spacial score (nSPS) is 11.3. The monoisotopic (exact) mass is 251 g/mol. The van der Waals surface area contributed by atoms with E-state index in [0.29, 0.717) is 5.39 Å². The topological polar surface area (TPSA) is 103 Å². The summed E-state index contributed by atoms with van der Waals surface area (Å²) in [6.45, 7) is 0. The summed E-state index contributed by atoms with van der Waals surface area (Å²) in [7, 11) is -4.61. The molecule has 0 aliphatic rings. The Hall–Kier alpha value is -2.17. The number of aromatic hydroxyl groups is 1. The molecule has 17 heavy (non-hydrogen) atoms. The molecule has 0 saturated carbocycles. The van der Waals surface area contributed by atoms with Gasteiger partial charge in [0, 0.05) is 5.39 Å². The highest BCUT2D eigenvalue weighted by Gasteiger charge is 2.31. The van der Waals surface area contributed by atoms with Gasteiger partial charge in [-0.3, -0.25) is 4.55 Å². The SMILES string of the molecule is N#[N+]c1c(O)cc2ccccc2c1S(=O)(=O)O. The van der Waals surface area contributed by atoms with Gasteiger partial charge >= 0.3 is 15.8 Å². The van der Waals surface area contributed by atoms with Crippen molar-refractivity contribution in [1.29, 1.82) is 5.39 Å². The Morgan fingerprint density at radius 3 is 2.47 bits per heavy atom. The van der Waals surface area contributed by atoms with Crippen molar-refractivity contribution in [3.63, 3.8) is 0 Å². The third-order valence-corrected chi connectivity index (χ3v) is 3.24. The molecule has 0 aromatic heterocycles. The second-order valence-electron chi connectivity index (χ2n) is 3.37. The van der Waals surface area contributed by atoms with Crippen molar-refractivity contribution in [2.24, 2.45) is 0 Å². The zero-order chi connectivity index (χ0) is 12.6. The Kier molecular flexibility index (Phi) is 2.46. The lowest BCUT2D eigenvalue weighted by Crippen LogP contribution is -1.99. The van der Waals surface area contributed by atoms with E-state index >= 15 is 0 Å². The quantitative estimate of drug-likeness (QED) is 0.597. The number of nitrogens with zero attached hydrogens (tertiary/aromatic N) is 2. The van der Waals surface area contributed by atoms with Crippen LogP contribution < -0.4 is 0 Å². The first kappa shape index (κ1) is 11.3. The smallest absolute Gasteiger partial charge is 0.447 e. The van der Waals surface area contributed by atoms with Crippen molar-refractivity contribution in [1.82, 2.24) is 0 Å². The first-order chi connectivity index (χ1) is 7.95. The van der Waals surface area contributed by atoms with Crippen molar-refractivity contribution >= 4 is 26.6 Å². The highest BCUT2D eigenvalue weighted by molar-refractivity contribution is 7.86. The van der Waals surface area contributed by atoms with E-state index in [4.69, 9.17) is 9.95 Å². The van der Waals surface area contributed by atoms with Gasteiger partial charge in [-0.25, -0.2) is 0 Å². The highest BCUT2D eigenvalue weighted by Crippen LogP contribution is 2.39. The van der Waals surface area contributed by atoms with E-state index in [1.165, 1.54) is 12.1 Å². The molecule has 2 N–H and O–H groups in total. The lowest BCUT2D eigenvalue weighted by Gasteiger charge is -2.02. The second kappa shape index (κ2) is 3.69. The molecule has 0 spiro atoms. The maximum atomic E-state index is 11.3. The van der Waals surface area contributed by atoms with Crippen LogP contribution in [-0.2, 0) is 10.1 Å². The summed E-state index contributed by atoms with van der Waals surface area (Å²) in [6, 6.07) is 7.46. The van der Waals surface area contributed by atoms with Gasteiger partial charge in [0.15, 0.2) is 4.98 Å². The molecule has 2 aromatic rings. The van der Waals surface area contributed by atoms with Gasteiger partial charge in [0.2, 0.25) is 16.0 Å². The van der Waals surface area contributed by atoms with Crippen molar-refractivity contribution < 1.29 is 18.1 Å². The van der Waals surface area contributed by atoms with Gasteiger partial charge in [-0.1, -0.05) is 24.3 Å². The molecule has 86 valence electrons. The van der Waals surface area contributed by atoms with E-state index in [-0.39, 0.29) is 5.39 Å². The molecule has 0 radical (unpaired) electrons. The van der Waals surface area contributed by atoms with Gasteiger partial charge in [0.05, 0.1) is 0 Å². The Labute approximate surface area is 96.5 Å². The Morgan fingerprint density at radius 1 is 1.24 bits per heavy atom. The molecule has 0 atom stereocenters. The third-order valence-electron chi connectivity index (χ3n) is 2.31. The molecule has 0 aliphatic carbocycles. The first-order valence-corrected chi connectivity index (χ1v) is 5.96. The van der Waals surface area contributed by atoms with Crippen molar-refractivity contribution in [2.75, 3.05) is 0 Å². The van der Waals surface area contributed by atoms with Crippen LogP contribution in [0.15, 0.2) is 35.2 Å². The molecule has 0 unspecified atom stereocenters. The minimum absolute atomic E-state index is 0.167. The molecule has 0 heterocycles. The van der Waals surface area contributed by atoms with Gasteiger partial charge < -0.3 is 5.11 Å². The first-order valence-electron chi connectivity index (χ1n) is 4.52. The van der Waals surface area contributed by atoms with Crippen LogP contribution >= 0.6 is 0 Å². The van der Waals surface area contributed by atoms with Gasteiger partial charge in [-0.15, -0.1) is 0 Å². The zero-order valence-corrected chi connectivity index (χ0v) is 9.22. The van der Waals surface area contributed by atoms with Crippen molar-refractivity contribution in [3.05, 3.63) is 35.3 Å². The Balaban J connectivity index is 3.10. The van der Waals surface area contributed by atoms with Crippen LogP contribution in [0, 0.1) is 5.39 Å². The van der Waals surface area contributed by atoms with Gasteiger partial charge in [0.1, 0.15) is 0 Å². The highest BCUT2D eigenvalue weighted by atomic mass is 32.2. The van der Waals surface area contributed by atoms with E-state index in [2.05, 4.69) is 4.98 Å². The number of benzene rings is 2. The van der Waals surface area contributed by atoms with Crippen LogP contribution in [0.25, 0.3) is 15.7 Å². The second-order valence-corrected chi connectivity index (χ2v) is 4.73. The number of fused-ring (bicyclic) bond motifs is 1. The van der Waals surface area contributed by atoms with Crippen molar-refractivity contribution in [3.8, 4) is 5.75 Å². The molecule has 0 saturated heterocycles. The summed E-state index contributed by atoms with van der Waals surface area (Å²) >= 11 is 0. The van der Waals surface area contributed by atoms with Crippen LogP contribution in [0.2, 0.25) is 0 Å². The summed E-state index contributed by atoms with van der Waals surface area (Å²) in [5.41, 5.74) is -0.578. The van der Waals surface area contributed by atoms with Crippen LogP contribution in [0.5, 0.6) is 5.75 Å². The van der Waals surface area contributed by atoms with Crippen LogP contribution in [0.4, 0.5) is 5.69 Å². The van der Waals surface area contributed by atoms with Crippen LogP contribution in [0.1, 0.15) is 0 Å². The Morgan fingerprint density at radius 2 is 1.88 bits per heavy atom. The molecule has 2 aromatic carbocycles. The average molecular weight is 251 g/mol. The number of diazo groups is 1. The summed E-state index contributed by atoms with van der Waals surface area (Å²) < 4.78 is 31.6. The molecule has 2 rings (SSSR count). The number of hydrogen-bond acceptors (Lipinski definition) is 4. The summed E-state index contributed by atoms with van der Waals surface area (Å²) in [5.74, 6) is -0.529. The fraction of sp³-hybridized carbons (Fsp3) is 0. The molecule has 0 aliphatic heterocycles. The fourth-order valence-electron chi connectivity index (χ4n) is 1.65. The predicted molar refractivity (Wildman–Crippen MR) is 60.2 cm³/mol. The molecular formula is C10H7N2O4S+. The fourth-order valence-corrected chi connectivity index (χ4v) is 2.50. The maximum absolute atomic E-state index is 11.3. The molecule has 0 fully saturated rings. The third kappa shape index (κ3) is 1.80. The number of rotatable bonds is 1. The van der Waals surface area contributed by atoms with E-state index in [1.54, 1.807) is 18.2 Å². The summed E-state index contributed by atoms with van der Waals surface area (Å²) in [6.07, 6.45) is 0. The number of phenolic OH excluding ortho intramolecular Hbond substituents is 1. The van der Waals surface area contributed by atoms with Gasteiger partial charge in [0.25, 0.3) is 0 Å². The largest absolute Gasteiger partial charge is 0.501 e. The van der Waals surface area contributed by atoms with E-state index in [1.807, 2.05) is 0 Å². The van der Waals surface area contributed by atoms with E-state index in [0.717, 1.165) is 0 Å². The molecular weight excluding hydrogens is 244 g/mol. The minimum atomic E-state index is -4.61.